The highest BCUT2D eigenvalue weighted by Gasteiger charge is 2.21. The molecule has 2 nitrogen and oxygen atoms in total. The van der Waals surface area contributed by atoms with Crippen LogP contribution in [0.25, 0.3) is 0 Å². The summed E-state index contributed by atoms with van der Waals surface area (Å²) in [6.07, 6.45) is 2.15. The van der Waals surface area contributed by atoms with Crippen molar-refractivity contribution in [2.75, 3.05) is 18.9 Å². The molecule has 46 heavy (non-hydrogen) atoms. The summed E-state index contributed by atoms with van der Waals surface area (Å²) in [5, 5.41) is 13.5. The summed E-state index contributed by atoms with van der Waals surface area (Å²) in [6, 6.07) is 64.2. The van der Waals surface area contributed by atoms with Crippen LogP contribution in [0.4, 0.5) is 0 Å². The summed E-state index contributed by atoms with van der Waals surface area (Å²) in [5.41, 5.74) is 4.06. The fourth-order valence-electron chi connectivity index (χ4n) is 5.90. The molecule has 4 heteroatoms. The van der Waals surface area contributed by atoms with Gasteiger partial charge in [0.15, 0.2) is 0 Å². The lowest BCUT2D eigenvalue weighted by Crippen LogP contribution is -2.28. The molecular formula is C42H42N2P2. The van der Waals surface area contributed by atoms with Crippen LogP contribution in [0.3, 0.4) is 0 Å². The van der Waals surface area contributed by atoms with E-state index >= 15 is 0 Å². The smallest absolute Gasteiger partial charge is 0.0368 e. The van der Waals surface area contributed by atoms with E-state index in [4.69, 9.17) is 0 Å². The van der Waals surface area contributed by atoms with Crippen LogP contribution in [-0.4, -0.2) is 18.9 Å². The van der Waals surface area contributed by atoms with Crippen molar-refractivity contribution in [3.05, 3.63) is 193 Å². The zero-order valence-corrected chi connectivity index (χ0v) is 28.0. The second kappa shape index (κ2) is 17.1. The van der Waals surface area contributed by atoms with Gasteiger partial charge in [-0.3, -0.25) is 0 Å². The van der Waals surface area contributed by atoms with E-state index in [1.807, 2.05) is 0 Å². The molecule has 0 saturated heterocycles. The predicted octanol–water partition coefficient (Wildman–Crippen LogP) is 7.87. The zero-order valence-electron chi connectivity index (χ0n) is 26.3. The second-order valence-corrected chi connectivity index (χ2v) is 16.0. The Kier molecular flexibility index (Phi) is 11.9. The molecule has 1 unspecified atom stereocenters. The summed E-state index contributed by atoms with van der Waals surface area (Å²) in [4.78, 5) is 0. The van der Waals surface area contributed by atoms with Crippen molar-refractivity contribution in [3.8, 4) is 0 Å². The Labute approximate surface area is 277 Å². The third-order valence-electron chi connectivity index (χ3n) is 8.32. The van der Waals surface area contributed by atoms with Gasteiger partial charge in [0.25, 0.3) is 0 Å². The molecule has 0 heterocycles. The van der Waals surface area contributed by atoms with E-state index in [1.165, 1.54) is 37.9 Å². The maximum atomic E-state index is 4.01. The molecule has 0 saturated carbocycles. The van der Waals surface area contributed by atoms with Gasteiger partial charge in [-0.15, -0.1) is 0 Å². The van der Waals surface area contributed by atoms with Crippen LogP contribution in [0.5, 0.6) is 0 Å². The van der Waals surface area contributed by atoms with Gasteiger partial charge in [-0.05, 0) is 72.6 Å². The lowest BCUT2D eigenvalue weighted by molar-refractivity contribution is 0.576. The molecule has 1 atom stereocenters. The highest BCUT2D eigenvalue weighted by molar-refractivity contribution is 7.73. The van der Waals surface area contributed by atoms with Gasteiger partial charge in [0, 0.05) is 19.1 Å². The average molecular weight is 637 g/mol. The van der Waals surface area contributed by atoms with Crippen LogP contribution < -0.4 is 31.9 Å². The maximum Gasteiger partial charge on any atom is 0.0368 e. The Bertz CT molecular complexity index is 1640. The molecule has 6 aromatic carbocycles. The van der Waals surface area contributed by atoms with Crippen molar-refractivity contribution >= 4 is 37.1 Å². The molecule has 0 spiro atoms. The van der Waals surface area contributed by atoms with Gasteiger partial charge in [0.05, 0.1) is 0 Å². The summed E-state index contributed by atoms with van der Waals surface area (Å²) in [5.74, 6) is 0. The van der Waals surface area contributed by atoms with Crippen LogP contribution in [0.15, 0.2) is 176 Å². The normalized spacial score (nSPS) is 12.0. The minimum absolute atomic E-state index is 0.231. The van der Waals surface area contributed by atoms with E-state index in [0.717, 1.165) is 32.0 Å². The Morgan fingerprint density at radius 3 is 1.28 bits per heavy atom. The second-order valence-electron chi connectivity index (χ2n) is 11.4. The van der Waals surface area contributed by atoms with Gasteiger partial charge < -0.3 is 10.6 Å². The van der Waals surface area contributed by atoms with Crippen molar-refractivity contribution in [2.45, 2.75) is 19.1 Å². The number of hydrogen-bond acceptors (Lipinski definition) is 2. The fourth-order valence-corrected chi connectivity index (χ4v) is 10.7. The number of hydrogen-bond donors (Lipinski definition) is 2. The van der Waals surface area contributed by atoms with Gasteiger partial charge in [0.1, 0.15) is 0 Å². The van der Waals surface area contributed by atoms with Crippen molar-refractivity contribution in [2.24, 2.45) is 0 Å². The average Bonchev–Trinajstić information content (AvgIpc) is 3.14. The molecule has 0 amide bonds. The minimum atomic E-state index is -0.532. The molecule has 0 bridgehead atoms. The molecule has 0 fully saturated rings. The molecule has 6 aromatic rings. The maximum absolute atomic E-state index is 4.01. The van der Waals surface area contributed by atoms with E-state index in [-0.39, 0.29) is 6.04 Å². The first-order chi connectivity index (χ1) is 22.8. The Morgan fingerprint density at radius 2 is 0.804 bits per heavy atom. The topological polar surface area (TPSA) is 24.1 Å². The molecule has 0 radical (unpaired) electrons. The van der Waals surface area contributed by atoms with Crippen LogP contribution in [-0.2, 0) is 13.1 Å². The quantitative estimate of drug-likeness (QED) is 0.0886. The van der Waals surface area contributed by atoms with Crippen molar-refractivity contribution in [3.63, 3.8) is 0 Å². The third-order valence-corrected chi connectivity index (χ3v) is 13.4. The molecule has 0 aromatic heterocycles. The largest absolute Gasteiger partial charge is 0.312 e. The number of benzene rings is 6. The van der Waals surface area contributed by atoms with E-state index < -0.39 is 15.8 Å². The highest BCUT2D eigenvalue weighted by Crippen LogP contribution is 2.38. The Balaban J connectivity index is 1.14. The Morgan fingerprint density at radius 1 is 0.413 bits per heavy atom. The molecule has 230 valence electrons. The molecule has 6 rings (SSSR count). The summed E-state index contributed by atoms with van der Waals surface area (Å²) in [6.45, 7) is 2.66. The lowest BCUT2D eigenvalue weighted by atomic mass is 10.1. The van der Waals surface area contributed by atoms with Crippen LogP contribution in [0.1, 0.15) is 22.7 Å². The first kappa shape index (κ1) is 32.1. The first-order valence-corrected chi connectivity index (χ1v) is 19.2. The summed E-state index contributed by atoms with van der Waals surface area (Å²) < 4.78 is 0. The lowest BCUT2D eigenvalue weighted by Gasteiger charge is -2.27. The summed E-state index contributed by atoms with van der Waals surface area (Å²) >= 11 is 0. The van der Waals surface area contributed by atoms with Crippen LogP contribution in [0, 0.1) is 0 Å². The van der Waals surface area contributed by atoms with E-state index in [2.05, 4.69) is 187 Å². The molecule has 2 N–H and O–H groups in total. The minimum Gasteiger partial charge on any atom is -0.312 e. The van der Waals surface area contributed by atoms with Crippen LogP contribution in [0.2, 0.25) is 0 Å². The van der Waals surface area contributed by atoms with Crippen LogP contribution >= 0.6 is 15.8 Å². The zero-order chi connectivity index (χ0) is 31.2. The van der Waals surface area contributed by atoms with E-state index in [0.29, 0.717) is 0 Å². The van der Waals surface area contributed by atoms with Gasteiger partial charge in [0.2, 0.25) is 0 Å². The van der Waals surface area contributed by atoms with Gasteiger partial charge in [-0.1, -0.05) is 176 Å². The van der Waals surface area contributed by atoms with Crippen molar-refractivity contribution in [1.29, 1.82) is 0 Å². The van der Waals surface area contributed by atoms with Crippen molar-refractivity contribution in [1.82, 2.24) is 10.6 Å². The number of nitrogens with one attached hydrogen (secondary N) is 2. The SMILES string of the molecule is c1ccc(C(CP(c2ccccc2)c2ccccc2)NCc2ccccc2CNCCP(c2ccccc2)c2ccccc2)cc1. The van der Waals surface area contributed by atoms with E-state index in [1.54, 1.807) is 0 Å². The monoisotopic (exact) mass is 636 g/mol. The molecule has 0 aliphatic carbocycles. The van der Waals surface area contributed by atoms with Crippen molar-refractivity contribution < 1.29 is 0 Å². The molecular weight excluding hydrogens is 594 g/mol. The molecule has 0 aliphatic heterocycles. The van der Waals surface area contributed by atoms with E-state index in [9.17, 15) is 0 Å². The first-order valence-electron chi connectivity index (χ1n) is 16.2. The fraction of sp³-hybridized carbons (Fsp3) is 0.143. The summed E-state index contributed by atoms with van der Waals surface area (Å²) in [7, 11) is -0.932. The standard InChI is InChI=1S/C42H42N2P2/c1-6-18-35(19-7-1)42(34-46(40-26-12-4-13-27-40)41-28-14-5-15-29-41)44-33-37-21-17-16-20-36(37)32-43-30-31-45(38-22-8-2-9-23-38)39-24-10-3-11-25-39/h1-29,42-44H,30-34H2. The molecule has 0 aliphatic rings. The number of rotatable bonds is 15. The third kappa shape index (κ3) is 8.88. The van der Waals surface area contributed by atoms with Gasteiger partial charge >= 0.3 is 0 Å². The predicted molar refractivity (Wildman–Crippen MR) is 202 cm³/mol. The highest BCUT2D eigenvalue weighted by atomic mass is 31.1. The van der Waals surface area contributed by atoms with Gasteiger partial charge in [-0.2, -0.15) is 0 Å². The van der Waals surface area contributed by atoms with Gasteiger partial charge in [-0.25, -0.2) is 0 Å². The Hall–Kier alpha value is -3.90.